The van der Waals surface area contributed by atoms with Gasteiger partial charge in [0.15, 0.2) is 0 Å². The molecule has 0 radical (unpaired) electrons. The molecule has 5 heteroatoms. The summed E-state index contributed by atoms with van der Waals surface area (Å²) in [6.07, 6.45) is 0. The molecule has 0 atom stereocenters. The molecule has 2 aromatic rings. The summed E-state index contributed by atoms with van der Waals surface area (Å²) in [6, 6.07) is 7.48. The quantitative estimate of drug-likeness (QED) is 0.926. The third-order valence-electron chi connectivity index (χ3n) is 3.05. The van der Waals surface area contributed by atoms with Crippen molar-refractivity contribution in [3.8, 4) is 0 Å². The molecule has 0 saturated carbocycles. The first kappa shape index (κ1) is 12.8. The Morgan fingerprint density at radius 1 is 1.33 bits per heavy atom. The maximum Gasteiger partial charge on any atom is 0.290 e. The molecule has 2 N–H and O–H groups in total. The third kappa shape index (κ3) is 2.16. The summed E-state index contributed by atoms with van der Waals surface area (Å²) in [5, 5.41) is 0.667. The molecule has 0 spiro atoms. The summed E-state index contributed by atoms with van der Waals surface area (Å²) in [5.74, 6) is 0. The first-order valence-corrected chi connectivity index (χ1v) is 6.22. The van der Waals surface area contributed by atoms with E-state index in [4.69, 9.17) is 17.3 Å². The van der Waals surface area contributed by atoms with Crippen molar-refractivity contribution in [2.24, 2.45) is 0 Å². The van der Waals surface area contributed by atoms with E-state index < -0.39 is 0 Å². The first-order chi connectivity index (χ1) is 8.54. The van der Waals surface area contributed by atoms with Crippen LogP contribution < -0.4 is 11.3 Å². The summed E-state index contributed by atoms with van der Waals surface area (Å²) < 4.78 is 3.54. The van der Waals surface area contributed by atoms with Gasteiger partial charge in [-0.2, -0.15) is 0 Å². The third-order valence-corrected chi connectivity index (χ3v) is 3.29. The van der Waals surface area contributed by atoms with Gasteiger partial charge in [0.25, 0.3) is 5.56 Å². The molecule has 0 aliphatic rings. The van der Waals surface area contributed by atoms with E-state index >= 15 is 0 Å². The lowest BCUT2D eigenvalue weighted by molar-refractivity contribution is 0.480. The molecule has 18 heavy (non-hydrogen) atoms. The van der Waals surface area contributed by atoms with E-state index in [0.29, 0.717) is 23.8 Å². The Labute approximate surface area is 111 Å². The number of nitrogens with two attached hydrogens (primary N) is 1. The highest BCUT2D eigenvalue weighted by Gasteiger charge is 2.13. The van der Waals surface area contributed by atoms with Gasteiger partial charge in [-0.25, -0.2) is 4.68 Å². The van der Waals surface area contributed by atoms with Crippen LogP contribution in [0.15, 0.2) is 29.1 Å². The highest BCUT2D eigenvalue weighted by Crippen LogP contribution is 2.13. The Bertz CT molecular complexity index is 628. The fraction of sp³-hybridized carbons (Fsp3) is 0.308. The van der Waals surface area contributed by atoms with Crippen LogP contribution in [-0.2, 0) is 13.1 Å². The summed E-state index contributed by atoms with van der Waals surface area (Å²) >= 11 is 5.94. The standard InChI is InChI=1S/C13H16ClN3O/c1-3-16-9(2)12(15)13(18)17(16)8-10-5-4-6-11(14)7-10/h4-7H,3,8,15H2,1-2H3. The fourth-order valence-electron chi connectivity index (χ4n) is 2.10. The molecule has 0 unspecified atom stereocenters. The monoisotopic (exact) mass is 265 g/mol. The van der Waals surface area contributed by atoms with E-state index in [1.165, 1.54) is 0 Å². The van der Waals surface area contributed by atoms with Crippen LogP contribution in [0, 0.1) is 6.92 Å². The predicted molar refractivity (Wildman–Crippen MR) is 74.1 cm³/mol. The van der Waals surface area contributed by atoms with Crippen LogP contribution in [0.5, 0.6) is 0 Å². The van der Waals surface area contributed by atoms with Gasteiger partial charge in [0.1, 0.15) is 5.69 Å². The summed E-state index contributed by atoms with van der Waals surface area (Å²) in [4.78, 5) is 12.0. The van der Waals surface area contributed by atoms with Crippen LogP contribution in [-0.4, -0.2) is 9.36 Å². The second-order valence-corrected chi connectivity index (χ2v) is 4.64. The molecule has 1 aromatic carbocycles. The lowest BCUT2D eigenvalue weighted by Crippen LogP contribution is -2.24. The van der Waals surface area contributed by atoms with Crippen LogP contribution in [0.2, 0.25) is 5.02 Å². The molecule has 1 aromatic heterocycles. The Balaban J connectivity index is 2.46. The molecular weight excluding hydrogens is 250 g/mol. The van der Waals surface area contributed by atoms with Gasteiger partial charge in [-0.3, -0.25) is 9.48 Å². The zero-order valence-corrected chi connectivity index (χ0v) is 11.2. The Hall–Kier alpha value is -1.68. The van der Waals surface area contributed by atoms with Crippen LogP contribution >= 0.6 is 11.6 Å². The zero-order chi connectivity index (χ0) is 13.3. The van der Waals surface area contributed by atoms with Crippen LogP contribution in [0.4, 0.5) is 5.69 Å². The number of aromatic nitrogens is 2. The molecule has 0 amide bonds. The highest BCUT2D eigenvalue weighted by molar-refractivity contribution is 6.30. The van der Waals surface area contributed by atoms with E-state index in [9.17, 15) is 4.79 Å². The average molecular weight is 266 g/mol. The second kappa shape index (κ2) is 4.90. The number of hydrogen-bond acceptors (Lipinski definition) is 2. The van der Waals surface area contributed by atoms with Gasteiger partial charge in [0.2, 0.25) is 0 Å². The number of nitrogen functional groups attached to an aromatic ring is 1. The SMILES string of the molecule is CCn1c(C)c(N)c(=O)n1Cc1cccc(Cl)c1. The minimum Gasteiger partial charge on any atom is -0.393 e. The predicted octanol–water partition coefficient (Wildman–Crippen LogP) is 2.26. The second-order valence-electron chi connectivity index (χ2n) is 4.21. The van der Waals surface area contributed by atoms with Gasteiger partial charge < -0.3 is 5.73 Å². The maximum atomic E-state index is 12.0. The average Bonchev–Trinajstić information content (AvgIpc) is 2.54. The van der Waals surface area contributed by atoms with E-state index in [-0.39, 0.29) is 5.56 Å². The van der Waals surface area contributed by atoms with Crippen molar-refractivity contribution in [3.63, 3.8) is 0 Å². The minimum absolute atomic E-state index is 0.144. The van der Waals surface area contributed by atoms with Crippen molar-refractivity contribution in [1.82, 2.24) is 9.36 Å². The smallest absolute Gasteiger partial charge is 0.290 e. The zero-order valence-electron chi connectivity index (χ0n) is 10.5. The van der Waals surface area contributed by atoms with Crippen LogP contribution in [0.1, 0.15) is 18.2 Å². The highest BCUT2D eigenvalue weighted by atomic mass is 35.5. The number of rotatable bonds is 3. The van der Waals surface area contributed by atoms with Crippen molar-refractivity contribution in [1.29, 1.82) is 0 Å². The fourth-order valence-corrected chi connectivity index (χ4v) is 2.31. The van der Waals surface area contributed by atoms with E-state index in [1.54, 1.807) is 4.68 Å². The van der Waals surface area contributed by atoms with E-state index in [0.717, 1.165) is 11.3 Å². The van der Waals surface area contributed by atoms with Gasteiger partial charge in [0.05, 0.1) is 12.2 Å². The number of anilines is 1. The molecular formula is C13H16ClN3O. The van der Waals surface area contributed by atoms with E-state index in [2.05, 4.69) is 0 Å². The maximum absolute atomic E-state index is 12.0. The lowest BCUT2D eigenvalue weighted by Gasteiger charge is -2.11. The Kier molecular flexibility index (Phi) is 3.48. The molecule has 0 fully saturated rings. The van der Waals surface area contributed by atoms with Gasteiger partial charge in [-0.1, -0.05) is 23.7 Å². The first-order valence-electron chi connectivity index (χ1n) is 5.84. The summed E-state index contributed by atoms with van der Waals surface area (Å²) in [5.41, 5.74) is 7.75. The molecule has 0 saturated heterocycles. The Morgan fingerprint density at radius 3 is 2.67 bits per heavy atom. The molecule has 96 valence electrons. The molecule has 0 aliphatic heterocycles. The minimum atomic E-state index is -0.144. The van der Waals surface area contributed by atoms with Gasteiger partial charge in [-0.15, -0.1) is 0 Å². The van der Waals surface area contributed by atoms with Gasteiger partial charge in [0, 0.05) is 11.6 Å². The molecule has 2 rings (SSSR count). The number of benzene rings is 1. The van der Waals surface area contributed by atoms with Crippen LogP contribution in [0.25, 0.3) is 0 Å². The van der Waals surface area contributed by atoms with E-state index in [1.807, 2.05) is 42.8 Å². The number of hydrogen-bond donors (Lipinski definition) is 1. The topological polar surface area (TPSA) is 52.9 Å². The normalized spacial score (nSPS) is 10.8. The van der Waals surface area contributed by atoms with Crippen molar-refractivity contribution in [2.45, 2.75) is 26.9 Å². The molecule has 4 nitrogen and oxygen atoms in total. The van der Waals surface area contributed by atoms with Crippen LogP contribution in [0.3, 0.4) is 0 Å². The van der Waals surface area contributed by atoms with Gasteiger partial charge >= 0.3 is 0 Å². The van der Waals surface area contributed by atoms with Crippen molar-refractivity contribution >= 4 is 17.3 Å². The number of halogens is 1. The molecule has 0 bridgehead atoms. The molecule has 0 aliphatic carbocycles. The Morgan fingerprint density at radius 2 is 2.06 bits per heavy atom. The van der Waals surface area contributed by atoms with Gasteiger partial charge in [-0.05, 0) is 31.5 Å². The van der Waals surface area contributed by atoms with Crippen molar-refractivity contribution < 1.29 is 0 Å². The number of nitrogens with zero attached hydrogens (tertiary/aromatic N) is 2. The molecule has 1 heterocycles. The van der Waals surface area contributed by atoms with Crippen molar-refractivity contribution in [3.05, 3.63) is 50.9 Å². The van der Waals surface area contributed by atoms with Crippen molar-refractivity contribution in [2.75, 3.05) is 5.73 Å². The lowest BCUT2D eigenvalue weighted by atomic mass is 10.2. The summed E-state index contributed by atoms with van der Waals surface area (Å²) in [6.45, 7) is 5.03. The summed E-state index contributed by atoms with van der Waals surface area (Å²) in [7, 11) is 0. The largest absolute Gasteiger partial charge is 0.393 e.